The molecule has 31 heavy (non-hydrogen) atoms. The van der Waals surface area contributed by atoms with Crippen molar-refractivity contribution >= 4 is 11.9 Å². The zero-order valence-corrected chi connectivity index (χ0v) is 20.0. The third-order valence-electron chi connectivity index (χ3n) is 8.52. The summed E-state index contributed by atoms with van der Waals surface area (Å²) >= 11 is 0. The van der Waals surface area contributed by atoms with Crippen LogP contribution in [0.25, 0.3) is 0 Å². The van der Waals surface area contributed by atoms with E-state index in [1.807, 2.05) is 13.8 Å². The van der Waals surface area contributed by atoms with Gasteiger partial charge in [-0.2, -0.15) is 0 Å². The number of urea groups is 1. The molecule has 7 atom stereocenters. The van der Waals surface area contributed by atoms with Gasteiger partial charge in [0.25, 0.3) is 0 Å². The van der Waals surface area contributed by atoms with Gasteiger partial charge in [-0.3, -0.25) is 4.79 Å². The maximum Gasteiger partial charge on any atom is 0.315 e. The Morgan fingerprint density at radius 3 is 2.52 bits per heavy atom. The van der Waals surface area contributed by atoms with Crippen molar-refractivity contribution in [2.75, 3.05) is 32.7 Å². The largest absolute Gasteiger partial charge is 0.392 e. The standard InChI is InChI=1S/C24H44N4O3/c1-5-25-23(31)27-19-9-11-24(4)10-8-18(21(29)20(24)17(19)3)16(2)22(30)26-12-15-28-13-6-7-14-28/h16-21,29H,5-15H2,1-4H3,(H,26,30)(H2,25,27,31)/t16-,17+,18-,19-,20+,21-,24-/m0/s1. The third kappa shape index (κ3) is 5.54. The van der Waals surface area contributed by atoms with E-state index in [9.17, 15) is 14.7 Å². The van der Waals surface area contributed by atoms with Crippen LogP contribution in [0.5, 0.6) is 0 Å². The van der Waals surface area contributed by atoms with Crippen molar-refractivity contribution in [1.29, 1.82) is 0 Å². The Kier molecular flexibility index (Phi) is 8.25. The van der Waals surface area contributed by atoms with Crippen molar-refractivity contribution in [2.45, 2.75) is 78.4 Å². The Morgan fingerprint density at radius 1 is 1.16 bits per heavy atom. The van der Waals surface area contributed by atoms with Crippen molar-refractivity contribution in [3.63, 3.8) is 0 Å². The molecular formula is C24H44N4O3. The van der Waals surface area contributed by atoms with Crippen molar-refractivity contribution < 1.29 is 14.7 Å². The summed E-state index contributed by atoms with van der Waals surface area (Å²) in [5.74, 6) is 0.0845. The van der Waals surface area contributed by atoms with E-state index in [1.54, 1.807) is 0 Å². The van der Waals surface area contributed by atoms with Gasteiger partial charge in [0.2, 0.25) is 5.91 Å². The molecule has 0 spiro atoms. The molecule has 7 heteroatoms. The number of carbonyl (C=O) groups excluding carboxylic acids is 2. The Labute approximate surface area is 188 Å². The Balaban J connectivity index is 1.59. The highest BCUT2D eigenvalue weighted by Crippen LogP contribution is 2.55. The van der Waals surface area contributed by atoms with Crippen molar-refractivity contribution in [2.24, 2.45) is 29.1 Å². The quantitative estimate of drug-likeness (QED) is 0.493. The average molecular weight is 437 g/mol. The maximum atomic E-state index is 12.9. The number of fused-ring (bicyclic) bond motifs is 1. The van der Waals surface area contributed by atoms with Gasteiger partial charge in [-0.15, -0.1) is 0 Å². The lowest BCUT2D eigenvalue weighted by Gasteiger charge is -2.56. The molecular weight excluding hydrogens is 392 g/mol. The predicted molar refractivity (Wildman–Crippen MR) is 123 cm³/mol. The van der Waals surface area contributed by atoms with Crippen LogP contribution in [-0.4, -0.2) is 66.8 Å². The number of amides is 3. The van der Waals surface area contributed by atoms with E-state index >= 15 is 0 Å². The number of nitrogens with one attached hydrogen (secondary N) is 3. The van der Waals surface area contributed by atoms with Crippen LogP contribution in [-0.2, 0) is 4.79 Å². The van der Waals surface area contributed by atoms with E-state index in [1.165, 1.54) is 12.8 Å². The van der Waals surface area contributed by atoms with Crippen LogP contribution in [0, 0.1) is 29.1 Å². The second kappa shape index (κ2) is 10.5. The second-order valence-corrected chi connectivity index (χ2v) is 10.5. The van der Waals surface area contributed by atoms with E-state index in [-0.39, 0.29) is 47.1 Å². The molecule has 178 valence electrons. The Morgan fingerprint density at radius 2 is 1.84 bits per heavy atom. The first-order valence-corrected chi connectivity index (χ1v) is 12.5. The molecule has 1 heterocycles. The second-order valence-electron chi connectivity index (χ2n) is 10.5. The minimum atomic E-state index is -0.521. The fourth-order valence-electron chi connectivity index (χ4n) is 6.58. The molecule has 1 aliphatic heterocycles. The molecule has 4 N–H and O–H groups in total. The molecule has 0 aromatic heterocycles. The molecule has 7 nitrogen and oxygen atoms in total. The SMILES string of the molecule is CCNC(=O)N[C@H]1CC[C@]2(C)CC[C@@H]([C@H](C)C(=O)NCCN3CCCC3)[C@H](O)[C@H]2[C@@H]1C. The molecule has 3 rings (SSSR count). The number of rotatable bonds is 7. The number of carbonyl (C=O) groups is 2. The molecule has 3 fully saturated rings. The molecule has 1 saturated heterocycles. The summed E-state index contributed by atoms with van der Waals surface area (Å²) in [5.41, 5.74) is 0.0701. The van der Waals surface area contributed by atoms with E-state index in [0.29, 0.717) is 13.1 Å². The molecule has 0 aromatic rings. The highest BCUT2D eigenvalue weighted by Gasteiger charge is 2.53. The molecule has 0 aromatic carbocycles. The van der Waals surface area contributed by atoms with Gasteiger partial charge in [0.05, 0.1) is 6.10 Å². The van der Waals surface area contributed by atoms with Gasteiger partial charge in [-0.25, -0.2) is 4.79 Å². The molecule has 3 aliphatic rings. The molecule has 2 aliphatic carbocycles. The van der Waals surface area contributed by atoms with E-state index < -0.39 is 6.10 Å². The summed E-state index contributed by atoms with van der Waals surface area (Å²) < 4.78 is 0. The van der Waals surface area contributed by atoms with Gasteiger partial charge in [-0.05, 0) is 81.7 Å². The van der Waals surface area contributed by atoms with Gasteiger partial charge in [-0.1, -0.05) is 20.8 Å². The van der Waals surface area contributed by atoms with Crippen LogP contribution in [0.1, 0.15) is 66.2 Å². The summed E-state index contributed by atoms with van der Waals surface area (Å²) in [7, 11) is 0. The van der Waals surface area contributed by atoms with Crippen molar-refractivity contribution in [1.82, 2.24) is 20.9 Å². The smallest absolute Gasteiger partial charge is 0.315 e. The number of aliphatic hydroxyl groups excluding tert-OH is 1. The van der Waals surface area contributed by atoms with Crippen molar-refractivity contribution in [3.05, 3.63) is 0 Å². The van der Waals surface area contributed by atoms with Gasteiger partial charge >= 0.3 is 6.03 Å². The topological polar surface area (TPSA) is 93.7 Å². The minimum Gasteiger partial charge on any atom is -0.392 e. The summed E-state index contributed by atoms with van der Waals surface area (Å²) in [4.78, 5) is 27.4. The number of hydrogen-bond acceptors (Lipinski definition) is 4. The fraction of sp³-hybridized carbons (Fsp3) is 0.917. The van der Waals surface area contributed by atoms with Crippen LogP contribution in [0.3, 0.4) is 0 Å². The Bertz CT molecular complexity index is 624. The first kappa shape index (κ1) is 24.3. The highest BCUT2D eigenvalue weighted by atomic mass is 16.3. The third-order valence-corrected chi connectivity index (χ3v) is 8.52. The van der Waals surface area contributed by atoms with Crippen LogP contribution >= 0.6 is 0 Å². The zero-order chi connectivity index (χ0) is 22.6. The molecule has 3 amide bonds. The number of hydrogen-bond donors (Lipinski definition) is 4. The van der Waals surface area contributed by atoms with Crippen molar-refractivity contribution in [3.8, 4) is 0 Å². The van der Waals surface area contributed by atoms with Crippen LogP contribution in [0.15, 0.2) is 0 Å². The summed E-state index contributed by atoms with van der Waals surface area (Å²) in [6.45, 7) is 12.8. The lowest BCUT2D eigenvalue weighted by atomic mass is 9.52. The molecule has 0 radical (unpaired) electrons. The summed E-state index contributed by atoms with van der Waals surface area (Å²) in [6.07, 6.45) is 5.85. The Hall–Kier alpha value is -1.34. The molecule has 2 saturated carbocycles. The first-order valence-electron chi connectivity index (χ1n) is 12.5. The van der Waals surface area contributed by atoms with Gasteiger partial charge in [0.15, 0.2) is 0 Å². The first-order chi connectivity index (χ1) is 14.8. The summed E-state index contributed by atoms with van der Waals surface area (Å²) in [5, 5.41) is 20.5. The van der Waals surface area contributed by atoms with Crippen LogP contribution < -0.4 is 16.0 Å². The van der Waals surface area contributed by atoms with Gasteiger partial charge in [0, 0.05) is 31.6 Å². The zero-order valence-electron chi connectivity index (χ0n) is 20.0. The lowest BCUT2D eigenvalue weighted by molar-refractivity contribution is -0.141. The highest BCUT2D eigenvalue weighted by molar-refractivity contribution is 5.78. The number of nitrogens with zero attached hydrogens (tertiary/aromatic N) is 1. The molecule has 0 bridgehead atoms. The maximum absolute atomic E-state index is 12.9. The van der Waals surface area contributed by atoms with E-state index in [2.05, 4.69) is 34.7 Å². The monoisotopic (exact) mass is 436 g/mol. The van der Waals surface area contributed by atoms with E-state index in [0.717, 1.165) is 45.3 Å². The normalized spacial score (nSPS) is 37.0. The average Bonchev–Trinajstić information content (AvgIpc) is 3.23. The fourth-order valence-corrected chi connectivity index (χ4v) is 6.58. The lowest BCUT2D eigenvalue weighted by Crippen LogP contribution is -2.59. The predicted octanol–water partition coefficient (Wildman–Crippen LogP) is 2.35. The van der Waals surface area contributed by atoms with Gasteiger partial charge in [0.1, 0.15) is 0 Å². The van der Waals surface area contributed by atoms with Crippen LogP contribution in [0.2, 0.25) is 0 Å². The number of aliphatic hydroxyl groups is 1. The van der Waals surface area contributed by atoms with E-state index in [4.69, 9.17) is 0 Å². The summed E-state index contributed by atoms with van der Waals surface area (Å²) in [6, 6.07) is -0.0711. The minimum absolute atomic E-state index is 0.0319. The van der Waals surface area contributed by atoms with Crippen LogP contribution in [0.4, 0.5) is 4.79 Å². The van der Waals surface area contributed by atoms with Gasteiger partial charge < -0.3 is 26.0 Å². The number of likely N-dealkylation sites (tertiary alicyclic amines) is 1. The molecule has 0 unspecified atom stereocenters.